The number of carbonyl (C=O) groups excluding carboxylic acids is 2. The van der Waals surface area contributed by atoms with Gasteiger partial charge in [-0.15, -0.1) is 0 Å². The van der Waals surface area contributed by atoms with E-state index in [2.05, 4.69) is 16.2 Å². The Hall–Kier alpha value is -2.35. The van der Waals surface area contributed by atoms with Crippen LogP contribution in [0.25, 0.3) is 0 Å². The molecular weight excluding hydrogens is 340 g/mol. The molecule has 0 spiro atoms. The van der Waals surface area contributed by atoms with Gasteiger partial charge in [0.25, 0.3) is 5.91 Å². The lowest BCUT2D eigenvalue weighted by Gasteiger charge is -2.28. The number of anilines is 1. The summed E-state index contributed by atoms with van der Waals surface area (Å²) in [5.41, 5.74) is 5.42. The lowest BCUT2D eigenvalue weighted by molar-refractivity contribution is -0.126. The fraction of sp³-hybridized carbons (Fsp3) is 0.471. The third-order valence-corrected chi connectivity index (χ3v) is 3.72. The molecule has 25 heavy (non-hydrogen) atoms. The van der Waals surface area contributed by atoms with Crippen molar-refractivity contribution in [3.05, 3.63) is 30.3 Å². The molecule has 1 aliphatic rings. The van der Waals surface area contributed by atoms with Crippen molar-refractivity contribution in [2.75, 3.05) is 11.9 Å². The summed E-state index contributed by atoms with van der Waals surface area (Å²) in [7, 11) is 0. The van der Waals surface area contributed by atoms with Gasteiger partial charge >= 0.3 is 6.09 Å². The van der Waals surface area contributed by atoms with Crippen molar-refractivity contribution in [3.8, 4) is 0 Å². The number of rotatable bonds is 2. The van der Waals surface area contributed by atoms with Crippen LogP contribution in [0.3, 0.4) is 0 Å². The van der Waals surface area contributed by atoms with Crippen molar-refractivity contribution < 1.29 is 14.3 Å². The lowest BCUT2D eigenvalue weighted by Crippen LogP contribution is -2.53. The second-order valence-electron chi connectivity index (χ2n) is 6.77. The number of ether oxygens (including phenoxy) is 1. The van der Waals surface area contributed by atoms with E-state index >= 15 is 0 Å². The van der Waals surface area contributed by atoms with Gasteiger partial charge in [0.05, 0.1) is 0 Å². The Bertz CT molecular complexity index is 631. The van der Waals surface area contributed by atoms with Crippen molar-refractivity contribution in [3.63, 3.8) is 0 Å². The molecule has 1 aromatic carbocycles. The van der Waals surface area contributed by atoms with Gasteiger partial charge in [-0.2, -0.15) is 0 Å². The fourth-order valence-electron chi connectivity index (χ4n) is 2.46. The van der Waals surface area contributed by atoms with E-state index in [1.165, 1.54) is 4.90 Å². The second kappa shape index (κ2) is 8.15. The zero-order chi connectivity index (χ0) is 18.4. The third-order valence-electron chi connectivity index (χ3n) is 3.51. The van der Waals surface area contributed by atoms with Gasteiger partial charge in [0.1, 0.15) is 11.6 Å². The number of nitrogens with one attached hydrogen (secondary N) is 3. The average Bonchev–Trinajstić information content (AvgIpc) is 3.02. The highest BCUT2D eigenvalue weighted by Crippen LogP contribution is 2.20. The first-order valence-corrected chi connectivity index (χ1v) is 8.58. The molecule has 1 aliphatic heterocycles. The van der Waals surface area contributed by atoms with Gasteiger partial charge in [0, 0.05) is 12.2 Å². The van der Waals surface area contributed by atoms with Gasteiger partial charge in [-0.1, -0.05) is 18.2 Å². The Balaban J connectivity index is 1.85. The number of likely N-dealkylation sites (tertiary alicyclic amines) is 1. The number of hydrazine groups is 1. The molecule has 7 nitrogen and oxygen atoms in total. The Morgan fingerprint density at radius 1 is 1.20 bits per heavy atom. The number of nitrogens with zero attached hydrogens (tertiary/aromatic N) is 1. The van der Waals surface area contributed by atoms with Crippen LogP contribution in [0.2, 0.25) is 0 Å². The van der Waals surface area contributed by atoms with Gasteiger partial charge in [-0.05, 0) is 58.0 Å². The molecule has 1 aromatic rings. The molecule has 2 rings (SSSR count). The molecule has 0 saturated carbocycles. The van der Waals surface area contributed by atoms with E-state index in [1.54, 1.807) is 20.8 Å². The van der Waals surface area contributed by atoms with E-state index in [9.17, 15) is 9.59 Å². The molecule has 3 N–H and O–H groups in total. The highest BCUT2D eigenvalue weighted by molar-refractivity contribution is 7.80. The molecule has 0 aromatic heterocycles. The third kappa shape index (κ3) is 5.90. The summed E-state index contributed by atoms with van der Waals surface area (Å²) < 4.78 is 5.36. The van der Waals surface area contributed by atoms with Crippen LogP contribution < -0.4 is 16.2 Å². The summed E-state index contributed by atoms with van der Waals surface area (Å²) in [5, 5.41) is 3.22. The summed E-state index contributed by atoms with van der Waals surface area (Å²) in [6, 6.07) is 8.80. The number of hydrogen-bond donors (Lipinski definition) is 3. The summed E-state index contributed by atoms with van der Waals surface area (Å²) in [6.45, 7) is 5.89. The molecule has 1 atom stereocenters. The highest BCUT2D eigenvalue weighted by Gasteiger charge is 2.36. The Morgan fingerprint density at radius 2 is 1.88 bits per heavy atom. The van der Waals surface area contributed by atoms with Crippen molar-refractivity contribution >= 4 is 35.0 Å². The minimum Gasteiger partial charge on any atom is -0.444 e. The van der Waals surface area contributed by atoms with Crippen LogP contribution in [-0.2, 0) is 9.53 Å². The van der Waals surface area contributed by atoms with Crippen molar-refractivity contribution in [2.24, 2.45) is 0 Å². The number of carbonyl (C=O) groups is 2. The molecule has 0 bridgehead atoms. The first-order valence-electron chi connectivity index (χ1n) is 8.18. The van der Waals surface area contributed by atoms with Crippen LogP contribution in [0, 0.1) is 0 Å². The minimum absolute atomic E-state index is 0.265. The Morgan fingerprint density at radius 3 is 2.52 bits per heavy atom. The van der Waals surface area contributed by atoms with Gasteiger partial charge in [-0.3, -0.25) is 20.5 Å². The standard InChI is InChI=1S/C17H24N4O3S/c1-17(2,3)24-16(23)21-11-7-10-13(21)14(22)19-20-15(25)18-12-8-5-4-6-9-12/h4-6,8-9,13H,7,10-11H2,1-3H3,(H,19,22)(H2,18,20,25). The predicted molar refractivity (Wildman–Crippen MR) is 99.9 cm³/mol. The van der Waals surface area contributed by atoms with E-state index < -0.39 is 17.7 Å². The van der Waals surface area contributed by atoms with Gasteiger partial charge in [0.15, 0.2) is 5.11 Å². The van der Waals surface area contributed by atoms with Crippen LogP contribution in [0.1, 0.15) is 33.6 Å². The molecule has 1 fully saturated rings. The first kappa shape index (κ1) is 19.0. The molecule has 8 heteroatoms. The molecule has 1 saturated heterocycles. The maximum absolute atomic E-state index is 12.4. The summed E-state index contributed by atoms with van der Waals surface area (Å²) in [6.07, 6.45) is 0.866. The van der Waals surface area contributed by atoms with E-state index in [4.69, 9.17) is 17.0 Å². The van der Waals surface area contributed by atoms with E-state index in [1.807, 2.05) is 30.3 Å². The van der Waals surface area contributed by atoms with E-state index in [0.29, 0.717) is 13.0 Å². The van der Waals surface area contributed by atoms with Gasteiger partial charge in [0.2, 0.25) is 0 Å². The summed E-state index contributed by atoms with van der Waals surface area (Å²) in [4.78, 5) is 26.0. The van der Waals surface area contributed by atoms with Gasteiger partial charge < -0.3 is 10.1 Å². The second-order valence-corrected chi connectivity index (χ2v) is 7.17. The van der Waals surface area contributed by atoms with Crippen LogP contribution in [0.4, 0.5) is 10.5 Å². The Kier molecular flexibility index (Phi) is 6.19. The normalized spacial score (nSPS) is 16.9. The largest absolute Gasteiger partial charge is 0.444 e. The van der Waals surface area contributed by atoms with E-state index in [-0.39, 0.29) is 11.0 Å². The van der Waals surface area contributed by atoms with Gasteiger partial charge in [-0.25, -0.2) is 4.79 Å². The SMILES string of the molecule is CC(C)(C)OC(=O)N1CCCC1C(=O)NNC(=S)Nc1ccccc1. The average molecular weight is 364 g/mol. The van der Waals surface area contributed by atoms with E-state index in [0.717, 1.165) is 12.1 Å². The van der Waals surface area contributed by atoms with Crippen molar-refractivity contribution in [1.29, 1.82) is 0 Å². The summed E-state index contributed by atoms with van der Waals surface area (Å²) in [5.74, 6) is -0.319. The first-order chi connectivity index (χ1) is 11.8. The summed E-state index contributed by atoms with van der Waals surface area (Å²) >= 11 is 5.14. The lowest BCUT2D eigenvalue weighted by atomic mass is 10.2. The van der Waals surface area contributed by atoms with Crippen LogP contribution in [0.5, 0.6) is 0 Å². The highest BCUT2D eigenvalue weighted by atomic mass is 32.1. The quantitative estimate of drug-likeness (QED) is 0.552. The number of amides is 2. The minimum atomic E-state index is -0.597. The number of hydrogen-bond acceptors (Lipinski definition) is 4. The maximum atomic E-state index is 12.4. The Labute approximate surface area is 153 Å². The molecule has 1 unspecified atom stereocenters. The molecule has 2 amide bonds. The molecular formula is C17H24N4O3S. The molecule has 0 aliphatic carbocycles. The van der Waals surface area contributed by atoms with Crippen LogP contribution in [0.15, 0.2) is 30.3 Å². The topological polar surface area (TPSA) is 82.7 Å². The molecule has 136 valence electrons. The molecule has 1 heterocycles. The van der Waals surface area contributed by atoms with Crippen molar-refractivity contribution in [2.45, 2.75) is 45.3 Å². The number of thiocarbonyl (C=S) groups is 1. The van der Waals surface area contributed by atoms with Crippen LogP contribution >= 0.6 is 12.2 Å². The van der Waals surface area contributed by atoms with Crippen LogP contribution in [-0.4, -0.2) is 40.2 Å². The number of para-hydroxylation sites is 1. The molecule has 0 radical (unpaired) electrons. The number of benzene rings is 1. The van der Waals surface area contributed by atoms with Crippen molar-refractivity contribution in [1.82, 2.24) is 15.8 Å². The zero-order valence-electron chi connectivity index (χ0n) is 14.7. The predicted octanol–water partition coefficient (Wildman–Crippen LogP) is 2.40. The monoisotopic (exact) mass is 364 g/mol. The maximum Gasteiger partial charge on any atom is 0.410 e. The fourth-order valence-corrected chi connectivity index (χ4v) is 2.63. The zero-order valence-corrected chi connectivity index (χ0v) is 15.5. The smallest absolute Gasteiger partial charge is 0.410 e.